The summed E-state index contributed by atoms with van der Waals surface area (Å²) in [6.45, 7) is 5.48. The Kier molecular flexibility index (Phi) is 3.51. The summed E-state index contributed by atoms with van der Waals surface area (Å²) in [6.07, 6.45) is 0.409. The lowest BCUT2D eigenvalue weighted by Gasteiger charge is -2.25. The molecule has 0 radical (unpaired) electrons. The zero-order valence-corrected chi connectivity index (χ0v) is 15.4. The lowest BCUT2D eigenvalue weighted by Crippen LogP contribution is -2.32. The van der Waals surface area contributed by atoms with E-state index in [1.165, 1.54) is 11.9 Å². The van der Waals surface area contributed by atoms with E-state index in [1.54, 1.807) is 4.57 Å². The maximum absolute atomic E-state index is 12.9. The quantitative estimate of drug-likeness (QED) is 0.682. The molecule has 4 rings (SSSR count). The van der Waals surface area contributed by atoms with E-state index in [-0.39, 0.29) is 17.7 Å². The number of nitrogens with zero attached hydrogens (tertiary/aromatic N) is 2. The number of hydrogen-bond acceptors (Lipinski definition) is 4. The molecule has 2 aromatic rings. The van der Waals surface area contributed by atoms with Crippen molar-refractivity contribution in [2.24, 2.45) is 11.8 Å². The van der Waals surface area contributed by atoms with Crippen LogP contribution >= 0.6 is 0 Å². The Morgan fingerprint density at radius 1 is 1.08 bits per heavy atom. The summed E-state index contributed by atoms with van der Waals surface area (Å²) in [5.41, 5.74) is 1.91. The molecule has 1 saturated heterocycles. The molecule has 0 spiro atoms. The van der Waals surface area contributed by atoms with Gasteiger partial charge in [-0.3, -0.25) is 14.5 Å². The molecule has 6 nitrogen and oxygen atoms in total. The minimum Gasteiger partial charge on any atom is -0.443 e. The summed E-state index contributed by atoms with van der Waals surface area (Å²) in [4.78, 5) is 39.0. The zero-order valence-electron chi connectivity index (χ0n) is 15.4. The maximum Gasteiger partial charge on any atom is 0.419 e. The molecule has 2 atom stereocenters. The first-order valence-corrected chi connectivity index (χ1v) is 8.85. The van der Waals surface area contributed by atoms with Crippen LogP contribution in [0.1, 0.15) is 32.0 Å². The van der Waals surface area contributed by atoms with E-state index in [4.69, 9.17) is 4.74 Å². The molecule has 1 aliphatic heterocycles. The summed E-state index contributed by atoms with van der Waals surface area (Å²) in [6, 6.07) is 7.63. The van der Waals surface area contributed by atoms with Crippen LogP contribution < -0.4 is 0 Å². The Hall–Kier alpha value is -2.63. The third-order valence-electron chi connectivity index (χ3n) is 5.28. The molecule has 0 N–H and O–H groups in total. The number of para-hydroxylation sites is 1. The highest BCUT2D eigenvalue weighted by atomic mass is 16.6. The van der Waals surface area contributed by atoms with Crippen LogP contribution in [0, 0.1) is 11.8 Å². The highest BCUT2D eigenvalue weighted by molar-refractivity contribution is 6.06. The molecule has 2 amide bonds. The summed E-state index contributed by atoms with van der Waals surface area (Å²) >= 11 is 0. The fourth-order valence-corrected chi connectivity index (χ4v) is 4.16. The van der Waals surface area contributed by atoms with Gasteiger partial charge >= 0.3 is 6.09 Å². The standard InChI is InChI=1S/C20H22N2O4/c1-20(2,3)26-19(25)22-15-8-6-5-7-11(15)12-9-13-14(10-16(12)22)18(24)21(4)17(13)23/h5-8,13-14H,9-10H2,1-4H3/t13-,14+/m1/s1. The van der Waals surface area contributed by atoms with Gasteiger partial charge in [-0.05, 0) is 38.8 Å². The molecule has 26 heavy (non-hydrogen) atoms. The van der Waals surface area contributed by atoms with E-state index < -0.39 is 17.6 Å². The maximum atomic E-state index is 12.9. The molecule has 1 aromatic heterocycles. The van der Waals surface area contributed by atoms with Crippen LogP contribution in [0.15, 0.2) is 24.3 Å². The van der Waals surface area contributed by atoms with Crippen molar-refractivity contribution in [3.8, 4) is 0 Å². The average Bonchev–Trinajstić information content (AvgIpc) is 3.00. The number of rotatable bonds is 0. The predicted octanol–water partition coefficient (Wildman–Crippen LogP) is 2.75. The summed E-state index contributed by atoms with van der Waals surface area (Å²) < 4.78 is 7.18. The minimum atomic E-state index is -0.619. The Labute approximate surface area is 151 Å². The molecule has 2 aliphatic rings. The highest BCUT2D eigenvalue weighted by Crippen LogP contribution is 2.41. The van der Waals surface area contributed by atoms with E-state index in [0.717, 1.165) is 22.2 Å². The zero-order chi connectivity index (χ0) is 18.8. The average molecular weight is 354 g/mol. The molecule has 2 heterocycles. The summed E-state index contributed by atoms with van der Waals surface area (Å²) in [5, 5.41) is 0.946. The normalized spacial score (nSPS) is 22.5. The van der Waals surface area contributed by atoms with E-state index in [1.807, 2.05) is 45.0 Å². The number of carbonyl (C=O) groups is 3. The number of amides is 2. The Morgan fingerprint density at radius 2 is 1.69 bits per heavy atom. The van der Waals surface area contributed by atoms with Crippen LogP contribution in [-0.4, -0.2) is 40.0 Å². The van der Waals surface area contributed by atoms with Gasteiger partial charge < -0.3 is 4.74 Å². The van der Waals surface area contributed by atoms with Gasteiger partial charge in [0.1, 0.15) is 5.60 Å². The molecule has 0 unspecified atom stereocenters. The van der Waals surface area contributed by atoms with Gasteiger partial charge in [0.15, 0.2) is 0 Å². The lowest BCUT2D eigenvalue weighted by atomic mass is 9.79. The summed E-state index contributed by atoms with van der Waals surface area (Å²) in [5.74, 6) is -1.02. The number of hydrogen-bond donors (Lipinski definition) is 0. The van der Waals surface area contributed by atoms with Crippen molar-refractivity contribution in [3.05, 3.63) is 35.5 Å². The second-order valence-electron chi connectivity index (χ2n) is 8.11. The molecule has 6 heteroatoms. The number of likely N-dealkylation sites (tertiary alicyclic amines) is 1. The minimum absolute atomic E-state index is 0.125. The van der Waals surface area contributed by atoms with E-state index in [2.05, 4.69) is 0 Å². The van der Waals surface area contributed by atoms with Crippen molar-refractivity contribution in [2.75, 3.05) is 7.05 Å². The lowest BCUT2D eigenvalue weighted by molar-refractivity contribution is -0.138. The van der Waals surface area contributed by atoms with E-state index in [0.29, 0.717) is 12.8 Å². The fourth-order valence-electron chi connectivity index (χ4n) is 4.16. The monoisotopic (exact) mass is 354 g/mol. The molecule has 1 fully saturated rings. The SMILES string of the molecule is CN1C(=O)[C@H]2Cc3c(c4ccccc4n3C(=O)OC(C)(C)C)C[C@H]2C1=O. The Balaban J connectivity index is 1.87. The third-order valence-corrected chi connectivity index (χ3v) is 5.28. The molecular formula is C20H22N2O4. The van der Waals surface area contributed by atoms with Crippen molar-refractivity contribution >= 4 is 28.8 Å². The highest BCUT2D eigenvalue weighted by Gasteiger charge is 2.49. The fraction of sp³-hybridized carbons (Fsp3) is 0.450. The smallest absolute Gasteiger partial charge is 0.419 e. The first kappa shape index (κ1) is 16.8. The van der Waals surface area contributed by atoms with Crippen LogP contribution in [0.2, 0.25) is 0 Å². The first-order valence-electron chi connectivity index (χ1n) is 8.85. The van der Waals surface area contributed by atoms with Gasteiger partial charge in [0.25, 0.3) is 0 Å². The van der Waals surface area contributed by atoms with Crippen molar-refractivity contribution in [1.29, 1.82) is 0 Å². The predicted molar refractivity (Wildman–Crippen MR) is 95.7 cm³/mol. The van der Waals surface area contributed by atoms with Crippen molar-refractivity contribution in [2.45, 2.75) is 39.2 Å². The van der Waals surface area contributed by atoms with Gasteiger partial charge in [-0.25, -0.2) is 9.36 Å². The van der Waals surface area contributed by atoms with E-state index in [9.17, 15) is 14.4 Å². The molecule has 0 bridgehead atoms. The third kappa shape index (κ3) is 2.35. The second kappa shape index (κ2) is 5.43. The van der Waals surface area contributed by atoms with Crippen LogP contribution in [0.25, 0.3) is 10.9 Å². The second-order valence-corrected chi connectivity index (χ2v) is 8.11. The largest absolute Gasteiger partial charge is 0.443 e. The molecule has 1 aromatic carbocycles. The number of ether oxygens (including phenoxy) is 1. The number of aromatic nitrogens is 1. The molecule has 1 aliphatic carbocycles. The Morgan fingerprint density at radius 3 is 2.35 bits per heavy atom. The van der Waals surface area contributed by atoms with Gasteiger partial charge in [-0.15, -0.1) is 0 Å². The number of carbonyl (C=O) groups excluding carboxylic acids is 3. The van der Waals surface area contributed by atoms with Crippen molar-refractivity contribution < 1.29 is 19.1 Å². The van der Waals surface area contributed by atoms with Gasteiger partial charge in [-0.2, -0.15) is 0 Å². The van der Waals surface area contributed by atoms with Crippen LogP contribution in [0.5, 0.6) is 0 Å². The Bertz CT molecular complexity index is 951. The van der Waals surface area contributed by atoms with E-state index >= 15 is 0 Å². The first-order chi connectivity index (χ1) is 12.2. The molecule has 0 saturated carbocycles. The topological polar surface area (TPSA) is 68.6 Å². The number of imide groups is 1. The van der Waals surface area contributed by atoms with Crippen molar-refractivity contribution in [3.63, 3.8) is 0 Å². The summed E-state index contributed by atoms with van der Waals surface area (Å²) in [7, 11) is 1.54. The number of fused-ring (bicyclic) bond motifs is 4. The van der Waals surface area contributed by atoms with Gasteiger partial charge in [-0.1, -0.05) is 18.2 Å². The van der Waals surface area contributed by atoms with Gasteiger partial charge in [0.05, 0.1) is 17.4 Å². The number of benzene rings is 1. The van der Waals surface area contributed by atoms with Crippen LogP contribution in [0.3, 0.4) is 0 Å². The van der Waals surface area contributed by atoms with Gasteiger partial charge in [0.2, 0.25) is 11.8 Å². The van der Waals surface area contributed by atoms with Gasteiger partial charge in [0, 0.05) is 24.5 Å². The van der Waals surface area contributed by atoms with Crippen molar-refractivity contribution in [1.82, 2.24) is 9.47 Å². The molecule has 136 valence electrons. The van der Waals surface area contributed by atoms with Crippen LogP contribution in [0.4, 0.5) is 4.79 Å². The molecular weight excluding hydrogens is 332 g/mol. The van der Waals surface area contributed by atoms with Crippen LogP contribution in [-0.2, 0) is 27.2 Å².